The second-order valence-corrected chi connectivity index (χ2v) is 18.6. The molecule has 4 bridgehead atoms. The van der Waals surface area contributed by atoms with E-state index in [-0.39, 0.29) is 13.2 Å². The van der Waals surface area contributed by atoms with E-state index >= 15 is 0 Å². The van der Waals surface area contributed by atoms with Gasteiger partial charge in [-0.05, 0) is 0 Å². The average molecular weight is 1030 g/mol. The Morgan fingerprint density at radius 1 is 0.391 bits per heavy atom. The summed E-state index contributed by atoms with van der Waals surface area (Å²) in [4.78, 5) is 0. The molecule has 400 valence electrons. The quantitative estimate of drug-likeness (QED) is 0.0638. The number of rotatable bonds is 16. The molecule has 0 radical (unpaired) electrons. The molecule has 69 heavy (non-hydrogen) atoms. The second-order valence-electron chi connectivity index (χ2n) is 17.5. The van der Waals surface area contributed by atoms with Gasteiger partial charge in [-0.25, -0.2) is 4.18 Å². The van der Waals surface area contributed by atoms with Crippen LogP contribution in [0.5, 0.6) is 0 Å². The first-order valence-corrected chi connectivity index (χ1v) is 23.1. The van der Waals surface area contributed by atoms with E-state index in [9.17, 15) is 85.0 Å². The van der Waals surface area contributed by atoms with Crippen molar-refractivity contribution in [2.24, 2.45) is 0 Å². The summed E-state index contributed by atoms with van der Waals surface area (Å²) in [7, 11) is -5.06. The SMILES string of the molecule is O=S(=O)(O)OCC1OC(OC2C(O)C(CO)OC(OC3C4COC3C(O)C(OC3C(O)C(CO)OC(OC5C6COC5C(O)C(OC5C(O)C(O)OC(CO)C5O)O6)C3O)O4)C2O)C(O)C(O)C1O. The minimum atomic E-state index is -5.06. The second kappa shape index (κ2) is 21.9. The lowest BCUT2D eigenvalue weighted by molar-refractivity contribution is -0.382. The molecule has 32 nitrogen and oxygen atoms in total. The average Bonchev–Trinajstić information content (AvgIpc) is 3.80. The Labute approximate surface area is 389 Å². The maximum absolute atomic E-state index is 11.5. The highest BCUT2D eigenvalue weighted by atomic mass is 32.3. The highest BCUT2D eigenvalue weighted by Gasteiger charge is 2.60. The van der Waals surface area contributed by atoms with Crippen LogP contribution in [0.4, 0.5) is 0 Å². The lowest BCUT2D eigenvalue weighted by atomic mass is 9.96. The van der Waals surface area contributed by atoms with Crippen molar-refractivity contribution in [3.8, 4) is 0 Å². The molecule has 33 heteroatoms. The van der Waals surface area contributed by atoms with Gasteiger partial charge in [0.05, 0.1) is 39.6 Å². The van der Waals surface area contributed by atoms with Gasteiger partial charge >= 0.3 is 10.4 Å². The number of hydrogen-bond acceptors (Lipinski definition) is 31. The Bertz CT molecular complexity index is 1790. The molecule has 0 aliphatic carbocycles. The molecule has 8 aliphatic rings. The summed E-state index contributed by atoms with van der Waals surface area (Å²) in [5.41, 5.74) is 0. The predicted molar refractivity (Wildman–Crippen MR) is 203 cm³/mol. The van der Waals surface area contributed by atoms with Gasteiger partial charge in [0.25, 0.3) is 0 Å². The Balaban J connectivity index is 0.899. The normalized spacial score (nSPS) is 53.6. The first-order valence-electron chi connectivity index (χ1n) is 21.7. The van der Waals surface area contributed by atoms with E-state index in [4.69, 9.17) is 66.1 Å². The van der Waals surface area contributed by atoms with Crippen molar-refractivity contribution in [3.05, 3.63) is 0 Å². The monoisotopic (exact) mass is 1030 g/mol. The zero-order valence-electron chi connectivity index (χ0n) is 35.7. The van der Waals surface area contributed by atoms with Crippen LogP contribution >= 0.6 is 0 Å². The summed E-state index contributed by atoms with van der Waals surface area (Å²) in [5.74, 6) is 0. The van der Waals surface area contributed by atoms with Gasteiger partial charge in [-0.1, -0.05) is 0 Å². The van der Waals surface area contributed by atoms with Gasteiger partial charge < -0.3 is 138 Å². The minimum absolute atomic E-state index is 0.223. The fourth-order valence-electron chi connectivity index (χ4n) is 9.38. The van der Waals surface area contributed by atoms with Gasteiger partial charge in [-0.15, -0.1) is 0 Å². The Morgan fingerprint density at radius 3 is 1.17 bits per heavy atom. The summed E-state index contributed by atoms with van der Waals surface area (Å²) >= 11 is 0. The summed E-state index contributed by atoms with van der Waals surface area (Å²) in [6.07, 6.45) is -50.7. The van der Waals surface area contributed by atoms with Crippen LogP contribution < -0.4 is 0 Å². The molecule has 8 heterocycles. The van der Waals surface area contributed by atoms with E-state index in [1.807, 2.05) is 0 Å². The maximum Gasteiger partial charge on any atom is 0.397 e. The number of fused-ring (bicyclic) bond motifs is 4. The van der Waals surface area contributed by atoms with Crippen molar-refractivity contribution in [3.63, 3.8) is 0 Å². The smallest absolute Gasteiger partial charge is 0.394 e. The molecule has 0 saturated carbocycles. The van der Waals surface area contributed by atoms with Gasteiger partial charge in [0.1, 0.15) is 146 Å². The first-order chi connectivity index (χ1) is 32.7. The van der Waals surface area contributed by atoms with Gasteiger partial charge in [0.2, 0.25) is 0 Å². The molecule has 0 spiro atoms. The molecule has 8 aliphatic heterocycles. The van der Waals surface area contributed by atoms with Crippen molar-refractivity contribution in [2.75, 3.05) is 39.6 Å². The molecule has 0 aromatic heterocycles. The fraction of sp³-hybridized carbons (Fsp3) is 1.00. The third-order valence-electron chi connectivity index (χ3n) is 13.1. The van der Waals surface area contributed by atoms with Crippen molar-refractivity contribution in [1.29, 1.82) is 0 Å². The molecule has 30 atom stereocenters. The molecule has 0 aromatic carbocycles. The molecule has 0 aromatic rings. The van der Waals surface area contributed by atoms with E-state index in [1.165, 1.54) is 0 Å². The Hall–Kier alpha value is -1.25. The van der Waals surface area contributed by atoms with Crippen molar-refractivity contribution < 1.29 is 155 Å². The third kappa shape index (κ3) is 10.8. The minimum Gasteiger partial charge on any atom is -0.394 e. The van der Waals surface area contributed by atoms with Crippen LogP contribution in [0.1, 0.15) is 0 Å². The topological polar surface area (TPSA) is 487 Å². The van der Waals surface area contributed by atoms with E-state index in [1.54, 1.807) is 0 Å². The summed E-state index contributed by atoms with van der Waals surface area (Å²) < 4.78 is 109. The van der Waals surface area contributed by atoms with Crippen LogP contribution in [0.15, 0.2) is 0 Å². The highest BCUT2D eigenvalue weighted by Crippen LogP contribution is 2.40. The molecule has 30 unspecified atom stereocenters. The number of hydrogen-bond donors (Lipinski definition) is 16. The standard InChI is InChI=1S/C36H58O32S/c37-1-7-14(41)26(19(46)31(51)58-7)66-35-22(49)29-24(11(62-35)4-55-29)65-34-21(48)28(16(43)9(3-39)60-34)68-36-23(50)30-25(12(63-36)5-56-30)64-33-20(47)27(15(42)8(2-38)59-33)67-32-18(45)17(44)13(40)10(61-32)6-57-69(52,53)54/h7-51H,1-6H2,(H,52,53,54). The zero-order valence-corrected chi connectivity index (χ0v) is 36.5. The van der Waals surface area contributed by atoms with Crippen LogP contribution in [0, 0.1) is 0 Å². The van der Waals surface area contributed by atoms with Crippen LogP contribution in [0.3, 0.4) is 0 Å². The van der Waals surface area contributed by atoms with Crippen molar-refractivity contribution in [2.45, 2.75) is 184 Å². The molecule has 8 rings (SSSR count). The molecular weight excluding hydrogens is 976 g/mol. The maximum atomic E-state index is 11.5. The van der Waals surface area contributed by atoms with E-state index in [0.717, 1.165) is 0 Å². The lowest BCUT2D eigenvalue weighted by Gasteiger charge is -2.48. The summed E-state index contributed by atoms with van der Waals surface area (Å²) in [6, 6.07) is 0. The number of aliphatic hydroxyl groups is 15. The van der Waals surface area contributed by atoms with Crippen LogP contribution in [0.25, 0.3) is 0 Å². The summed E-state index contributed by atoms with van der Waals surface area (Å²) in [5, 5.41) is 160. The molecule has 16 N–H and O–H groups in total. The van der Waals surface area contributed by atoms with Crippen molar-refractivity contribution >= 4 is 10.4 Å². The van der Waals surface area contributed by atoms with Gasteiger partial charge in [-0.3, -0.25) is 4.55 Å². The van der Waals surface area contributed by atoms with E-state index in [2.05, 4.69) is 4.18 Å². The van der Waals surface area contributed by atoms with E-state index < -0.39 is 221 Å². The number of aliphatic hydroxyl groups excluding tert-OH is 15. The predicted octanol–water partition coefficient (Wildman–Crippen LogP) is -12.2. The zero-order chi connectivity index (χ0) is 50.0. The largest absolute Gasteiger partial charge is 0.397 e. The van der Waals surface area contributed by atoms with Gasteiger partial charge in [-0.2, -0.15) is 8.42 Å². The summed E-state index contributed by atoms with van der Waals surface area (Å²) in [6.45, 7) is -4.14. The van der Waals surface area contributed by atoms with Gasteiger partial charge in [0.15, 0.2) is 37.7 Å². The van der Waals surface area contributed by atoms with Gasteiger partial charge in [0, 0.05) is 0 Å². The fourth-order valence-corrected chi connectivity index (χ4v) is 9.68. The lowest BCUT2D eigenvalue weighted by Crippen LogP contribution is -2.67. The number of ether oxygens (including phenoxy) is 13. The molecular formula is C36H58O32S. The molecule has 8 fully saturated rings. The Morgan fingerprint density at radius 2 is 0.754 bits per heavy atom. The highest BCUT2D eigenvalue weighted by molar-refractivity contribution is 7.80. The van der Waals surface area contributed by atoms with E-state index in [0.29, 0.717) is 0 Å². The molecule has 0 amide bonds. The van der Waals surface area contributed by atoms with Crippen molar-refractivity contribution in [1.82, 2.24) is 0 Å². The Kier molecular flexibility index (Phi) is 17.2. The first kappa shape index (κ1) is 54.0. The third-order valence-corrected chi connectivity index (χ3v) is 13.6. The van der Waals surface area contributed by atoms with Crippen LogP contribution in [-0.2, 0) is 76.2 Å². The van der Waals surface area contributed by atoms with Crippen LogP contribution in [0.2, 0.25) is 0 Å². The molecule has 8 saturated heterocycles. The van der Waals surface area contributed by atoms with Crippen LogP contribution in [-0.4, -0.2) is 313 Å².